The van der Waals surface area contributed by atoms with E-state index in [9.17, 15) is 9.90 Å². The minimum atomic E-state index is -1.21. The number of thiophene rings is 1. The van der Waals surface area contributed by atoms with Gasteiger partial charge in [0.15, 0.2) is 0 Å². The fourth-order valence-corrected chi connectivity index (χ4v) is 2.59. The molecule has 0 saturated heterocycles. The summed E-state index contributed by atoms with van der Waals surface area (Å²) < 4.78 is 5.40. The fraction of sp³-hybridized carbons (Fsp3) is 0.357. The predicted molar refractivity (Wildman–Crippen MR) is 74.4 cm³/mol. The zero-order valence-corrected chi connectivity index (χ0v) is 12.0. The second kappa shape index (κ2) is 5.19. The zero-order chi connectivity index (χ0) is 14.0. The van der Waals surface area contributed by atoms with Gasteiger partial charge in [-0.3, -0.25) is 4.79 Å². The summed E-state index contributed by atoms with van der Waals surface area (Å²) in [7, 11) is 0. The van der Waals surface area contributed by atoms with E-state index in [1.54, 1.807) is 19.1 Å². The Labute approximate surface area is 116 Å². The van der Waals surface area contributed by atoms with E-state index >= 15 is 0 Å². The van der Waals surface area contributed by atoms with Crippen LogP contribution in [0.15, 0.2) is 28.0 Å². The van der Waals surface area contributed by atoms with Crippen molar-refractivity contribution in [3.05, 3.63) is 45.5 Å². The third-order valence-corrected chi connectivity index (χ3v) is 3.95. The molecule has 2 heterocycles. The maximum atomic E-state index is 12.0. The molecule has 5 heteroatoms. The summed E-state index contributed by atoms with van der Waals surface area (Å²) in [6.07, 6.45) is 0. The average Bonchev–Trinajstić information content (AvgIpc) is 2.95. The molecule has 2 aromatic heterocycles. The topological polar surface area (TPSA) is 62.5 Å². The van der Waals surface area contributed by atoms with Crippen molar-refractivity contribution in [2.75, 3.05) is 6.54 Å². The van der Waals surface area contributed by atoms with Crippen molar-refractivity contribution in [2.45, 2.75) is 26.4 Å². The first-order chi connectivity index (χ1) is 8.90. The molecule has 0 radical (unpaired) electrons. The van der Waals surface area contributed by atoms with Crippen molar-refractivity contribution in [2.24, 2.45) is 0 Å². The van der Waals surface area contributed by atoms with E-state index in [-0.39, 0.29) is 12.5 Å². The summed E-state index contributed by atoms with van der Waals surface area (Å²) in [4.78, 5) is 12.6. The molecule has 4 nitrogen and oxygen atoms in total. The molecule has 2 N–H and O–H groups in total. The van der Waals surface area contributed by atoms with Crippen LogP contribution < -0.4 is 5.32 Å². The Bertz CT molecular complexity index is 583. The van der Waals surface area contributed by atoms with E-state index in [1.807, 2.05) is 25.3 Å². The number of carbonyl (C=O) groups is 1. The van der Waals surface area contributed by atoms with Crippen molar-refractivity contribution >= 4 is 17.2 Å². The summed E-state index contributed by atoms with van der Waals surface area (Å²) in [6, 6.07) is 5.40. The Morgan fingerprint density at radius 1 is 1.42 bits per heavy atom. The first kappa shape index (κ1) is 13.8. The van der Waals surface area contributed by atoms with Gasteiger partial charge in [0.25, 0.3) is 5.91 Å². The maximum absolute atomic E-state index is 12.0. The first-order valence-electron chi connectivity index (χ1n) is 6.02. The van der Waals surface area contributed by atoms with Crippen LogP contribution in [0.3, 0.4) is 0 Å². The fourth-order valence-electron chi connectivity index (χ4n) is 1.75. The molecule has 1 amide bonds. The minimum Gasteiger partial charge on any atom is -0.463 e. The first-order valence-corrected chi connectivity index (χ1v) is 6.90. The van der Waals surface area contributed by atoms with Crippen molar-refractivity contribution in [1.29, 1.82) is 0 Å². The number of carbonyl (C=O) groups excluding carboxylic acids is 1. The van der Waals surface area contributed by atoms with Gasteiger partial charge in [0.1, 0.15) is 17.1 Å². The second-order valence-corrected chi connectivity index (χ2v) is 5.72. The SMILES string of the molecule is Cc1ccc(C(C)(O)CNC(=O)c2sccc2C)o1. The maximum Gasteiger partial charge on any atom is 0.261 e. The van der Waals surface area contributed by atoms with Crippen LogP contribution in [-0.2, 0) is 5.60 Å². The molecular formula is C14H17NO3S. The van der Waals surface area contributed by atoms with Crippen molar-refractivity contribution in [3.63, 3.8) is 0 Å². The highest BCUT2D eigenvalue weighted by molar-refractivity contribution is 7.12. The molecule has 1 unspecified atom stereocenters. The number of aryl methyl sites for hydroxylation is 2. The van der Waals surface area contributed by atoms with Gasteiger partial charge in [-0.2, -0.15) is 0 Å². The summed E-state index contributed by atoms with van der Waals surface area (Å²) in [5.41, 5.74) is -0.272. The molecular weight excluding hydrogens is 262 g/mol. The summed E-state index contributed by atoms with van der Waals surface area (Å²) in [5.74, 6) is 1.01. The highest BCUT2D eigenvalue weighted by Crippen LogP contribution is 2.22. The highest BCUT2D eigenvalue weighted by Gasteiger charge is 2.27. The Morgan fingerprint density at radius 3 is 2.68 bits per heavy atom. The number of aliphatic hydroxyl groups is 1. The molecule has 0 aliphatic carbocycles. The van der Waals surface area contributed by atoms with Gasteiger partial charge in [0.05, 0.1) is 11.4 Å². The lowest BCUT2D eigenvalue weighted by Gasteiger charge is -2.21. The Kier molecular flexibility index (Phi) is 3.78. The molecule has 0 aromatic carbocycles. The van der Waals surface area contributed by atoms with Crippen molar-refractivity contribution in [3.8, 4) is 0 Å². The standard InChI is InChI=1S/C14H17NO3S/c1-9-6-7-19-12(9)13(16)15-8-14(3,17)11-5-4-10(2)18-11/h4-7,17H,8H2,1-3H3,(H,15,16). The number of amides is 1. The molecule has 0 spiro atoms. The number of hydrogen-bond acceptors (Lipinski definition) is 4. The number of nitrogens with one attached hydrogen (secondary N) is 1. The van der Waals surface area contributed by atoms with Gasteiger partial charge in [-0.1, -0.05) is 0 Å². The number of rotatable bonds is 4. The quantitative estimate of drug-likeness (QED) is 0.904. The van der Waals surface area contributed by atoms with Crippen LogP contribution >= 0.6 is 11.3 Å². The van der Waals surface area contributed by atoms with Crippen LogP contribution in [0.2, 0.25) is 0 Å². The van der Waals surface area contributed by atoms with Gasteiger partial charge < -0.3 is 14.8 Å². The molecule has 0 fully saturated rings. The third kappa shape index (κ3) is 3.05. The van der Waals surface area contributed by atoms with Crippen LogP contribution in [-0.4, -0.2) is 17.6 Å². The molecule has 102 valence electrons. The van der Waals surface area contributed by atoms with Gasteiger partial charge in [-0.05, 0) is 49.9 Å². The van der Waals surface area contributed by atoms with Crippen LogP contribution in [0.1, 0.15) is 33.7 Å². The minimum absolute atomic E-state index is 0.107. The molecule has 1 atom stereocenters. The molecule has 19 heavy (non-hydrogen) atoms. The van der Waals surface area contributed by atoms with Crippen LogP contribution in [0.4, 0.5) is 0 Å². The Hall–Kier alpha value is -1.59. The van der Waals surface area contributed by atoms with Gasteiger partial charge >= 0.3 is 0 Å². The number of hydrogen-bond donors (Lipinski definition) is 2. The monoisotopic (exact) mass is 279 g/mol. The number of furan rings is 1. The summed E-state index contributed by atoms with van der Waals surface area (Å²) in [5, 5.41) is 14.9. The molecule has 0 aliphatic heterocycles. The van der Waals surface area contributed by atoms with Gasteiger partial charge in [-0.25, -0.2) is 0 Å². The largest absolute Gasteiger partial charge is 0.463 e. The van der Waals surface area contributed by atoms with Gasteiger partial charge in [0.2, 0.25) is 0 Å². The van der Waals surface area contributed by atoms with E-state index in [1.165, 1.54) is 11.3 Å². The lowest BCUT2D eigenvalue weighted by Crippen LogP contribution is -2.38. The molecule has 0 bridgehead atoms. The van der Waals surface area contributed by atoms with E-state index in [0.717, 1.165) is 11.3 Å². The van der Waals surface area contributed by atoms with Crippen LogP contribution in [0, 0.1) is 13.8 Å². The van der Waals surface area contributed by atoms with Gasteiger partial charge in [0, 0.05) is 0 Å². The van der Waals surface area contributed by atoms with E-state index < -0.39 is 5.60 Å². The van der Waals surface area contributed by atoms with Crippen molar-refractivity contribution < 1.29 is 14.3 Å². The van der Waals surface area contributed by atoms with E-state index in [0.29, 0.717) is 10.6 Å². The normalized spacial score (nSPS) is 14.1. The summed E-state index contributed by atoms with van der Waals surface area (Å²) in [6.45, 7) is 5.43. The van der Waals surface area contributed by atoms with Crippen molar-refractivity contribution in [1.82, 2.24) is 5.32 Å². The Balaban J connectivity index is 2.02. The van der Waals surface area contributed by atoms with Crippen LogP contribution in [0.5, 0.6) is 0 Å². The lowest BCUT2D eigenvalue weighted by atomic mass is 10.0. The second-order valence-electron chi connectivity index (χ2n) is 4.80. The summed E-state index contributed by atoms with van der Waals surface area (Å²) >= 11 is 1.39. The lowest BCUT2D eigenvalue weighted by molar-refractivity contribution is 0.0324. The zero-order valence-electron chi connectivity index (χ0n) is 11.2. The molecule has 0 saturated carbocycles. The van der Waals surface area contributed by atoms with E-state index in [4.69, 9.17) is 4.42 Å². The molecule has 2 aromatic rings. The molecule has 0 aliphatic rings. The van der Waals surface area contributed by atoms with E-state index in [2.05, 4.69) is 5.32 Å². The predicted octanol–water partition coefficient (Wildman–Crippen LogP) is 2.60. The Morgan fingerprint density at radius 2 is 2.16 bits per heavy atom. The van der Waals surface area contributed by atoms with Gasteiger partial charge in [-0.15, -0.1) is 11.3 Å². The van der Waals surface area contributed by atoms with Crippen LogP contribution in [0.25, 0.3) is 0 Å². The highest BCUT2D eigenvalue weighted by atomic mass is 32.1. The smallest absolute Gasteiger partial charge is 0.261 e. The third-order valence-electron chi connectivity index (χ3n) is 2.93. The average molecular weight is 279 g/mol. The molecule has 2 rings (SSSR count).